The molecule has 2 N–H and O–H groups in total. The van der Waals surface area contributed by atoms with Gasteiger partial charge in [0.05, 0.1) is 11.4 Å². The van der Waals surface area contributed by atoms with Gasteiger partial charge in [-0.15, -0.1) is 0 Å². The Kier molecular flexibility index (Phi) is 7.09. The van der Waals surface area contributed by atoms with Crippen molar-refractivity contribution in [1.29, 1.82) is 0 Å². The van der Waals surface area contributed by atoms with Crippen LogP contribution in [0.1, 0.15) is 19.4 Å². The second-order valence-corrected chi connectivity index (χ2v) is 8.04. The first kappa shape index (κ1) is 21.8. The van der Waals surface area contributed by atoms with Crippen LogP contribution < -0.4 is 10.6 Å². The number of halogens is 2. The molecule has 0 aliphatic rings. The van der Waals surface area contributed by atoms with Crippen LogP contribution in [0.4, 0.5) is 20.2 Å². The lowest BCUT2D eigenvalue weighted by Gasteiger charge is -2.20. The quantitative estimate of drug-likeness (QED) is 0.698. The predicted molar refractivity (Wildman–Crippen MR) is 105 cm³/mol. The Hall–Kier alpha value is -2.52. The molecule has 0 aliphatic heterocycles. The van der Waals surface area contributed by atoms with Crippen molar-refractivity contribution in [1.82, 2.24) is 4.31 Å². The summed E-state index contributed by atoms with van der Waals surface area (Å²) in [6.45, 7) is 5.72. The lowest BCUT2D eigenvalue weighted by molar-refractivity contribution is -0.114. The molecule has 0 aliphatic carbocycles. The first-order chi connectivity index (χ1) is 13.2. The zero-order chi connectivity index (χ0) is 20.9. The van der Waals surface area contributed by atoms with Crippen LogP contribution >= 0.6 is 0 Å². The third kappa shape index (κ3) is 5.26. The molecule has 0 saturated heterocycles. The highest BCUT2D eigenvalue weighted by atomic mass is 32.2. The largest absolute Gasteiger partial charge is 0.376 e. The maximum absolute atomic E-state index is 13.2. The highest BCUT2D eigenvalue weighted by molar-refractivity contribution is 7.89. The lowest BCUT2D eigenvalue weighted by atomic mass is 10.2. The van der Waals surface area contributed by atoms with Crippen LogP contribution in [0.5, 0.6) is 0 Å². The van der Waals surface area contributed by atoms with Crippen LogP contribution in [0.2, 0.25) is 0 Å². The average Bonchev–Trinajstić information content (AvgIpc) is 2.60. The Labute approximate surface area is 163 Å². The van der Waals surface area contributed by atoms with Crippen molar-refractivity contribution >= 4 is 27.3 Å². The Morgan fingerprint density at radius 1 is 1.00 bits per heavy atom. The molecule has 0 heterocycles. The standard InChI is InChI=1S/C19H23F2N3O3S/c1-4-24(5-2)28(26,27)18-11-16(7-6-13(18)3)22-12-19(25)23-17-9-14(20)8-15(21)10-17/h6-11,22H,4-5,12H2,1-3H3,(H,23,25). The highest BCUT2D eigenvalue weighted by Gasteiger charge is 2.23. The van der Waals surface area contributed by atoms with Crippen molar-refractivity contribution in [3.8, 4) is 0 Å². The van der Waals surface area contributed by atoms with Gasteiger partial charge in [-0.05, 0) is 36.8 Å². The molecule has 0 spiro atoms. The van der Waals surface area contributed by atoms with Crippen LogP contribution in [-0.2, 0) is 14.8 Å². The van der Waals surface area contributed by atoms with E-state index < -0.39 is 27.6 Å². The first-order valence-corrected chi connectivity index (χ1v) is 10.2. The van der Waals surface area contributed by atoms with Crippen LogP contribution in [0.25, 0.3) is 0 Å². The Balaban J connectivity index is 2.12. The molecule has 152 valence electrons. The van der Waals surface area contributed by atoms with Gasteiger partial charge in [-0.1, -0.05) is 19.9 Å². The SMILES string of the molecule is CCN(CC)S(=O)(=O)c1cc(NCC(=O)Nc2cc(F)cc(F)c2)ccc1C. The molecule has 2 rings (SSSR count). The Bertz CT molecular complexity index is 941. The lowest BCUT2D eigenvalue weighted by Crippen LogP contribution is -2.31. The van der Waals surface area contributed by atoms with E-state index in [0.717, 1.165) is 12.1 Å². The molecule has 2 aromatic carbocycles. The summed E-state index contributed by atoms with van der Waals surface area (Å²) in [5.41, 5.74) is 1.03. The maximum atomic E-state index is 13.2. The van der Waals surface area contributed by atoms with E-state index in [1.54, 1.807) is 32.9 Å². The molecule has 9 heteroatoms. The van der Waals surface area contributed by atoms with Crippen molar-refractivity contribution in [3.63, 3.8) is 0 Å². The molecule has 0 bridgehead atoms. The Morgan fingerprint density at radius 2 is 1.61 bits per heavy atom. The minimum absolute atomic E-state index is 0.00185. The van der Waals surface area contributed by atoms with E-state index in [1.807, 2.05) is 0 Å². The van der Waals surface area contributed by atoms with Crippen molar-refractivity contribution < 1.29 is 22.0 Å². The third-order valence-electron chi connectivity index (χ3n) is 4.11. The van der Waals surface area contributed by atoms with Crippen molar-refractivity contribution in [2.75, 3.05) is 30.3 Å². The summed E-state index contributed by atoms with van der Waals surface area (Å²) in [4.78, 5) is 12.2. The van der Waals surface area contributed by atoms with Gasteiger partial charge in [0.2, 0.25) is 15.9 Å². The van der Waals surface area contributed by atoms with Crippen LogP contribution in [-0.4, -0.2) is 38.3 Å². The first-order valence-electron chi connectivity index (χ1n) is 8.78. The Morgan fingerprint density at radius 3 is 2.18 bits per heavy atom. The molecular weight excluding hydrogens is 388 g/mol. The number of sulfonamides is 1. The zero-order valence-electron chi connectivity index (χ0n) is 15.9. The molecular formula is C19H23F2N3O3S. The summed E-state index contributed by atoms with van der Waals surface area (Å²) in [7, 11) is -3.64. The molecule has 1 amide bonds. The minimum Gasteiger partial charge on any atom is -0.376 e. The number of benzene rings is 2. The normalized spacial score (nSPS) is 11.5. The fourth-order valence-electron chi connectivity index (χ4n) is 2.70. The summed E-state index contributed by atoms with van der Waals surface area (Å²) in [6.07, 6.45) is 0. The fourth-order valence-corrected chi connectivity index (χ4v) is 4.41. The van der Waals surface area contributed by atoms with E-state index in [4.69, 9.17) is 0 Å². The van der Waals surface area contributed by atoms with Gasteiger partial charge >= 0.3 is 0 Å². The fraction of sp³-hybridized carbons (Fsp3) is 0.316. The molecule has 0 unspecified atom stereocenters. The third-order valence-corrected chi connectivity index (χ3v) is 6.30. The second kappa shape index (κ2) is 9.11. The average molecular weight is 411 g/mol. The molecule has 0 fully saturated rings. The number of carbonyl (C=O) groups excluding carboxylic acids is 1. The van der Waals surface area contributed by atoms with Gasteiger partial charge < -0.3 is 10.6 Å². The van der Waals surface area contributed by atoms with E-state index in [-0.39, 0.29) is 17.1 Å². The van der Waals surface area contributed by atoms with E-state index in [1.165, 1.54) is 10.4 Å². The van der Waals surface area contributed by atoms with Crippen LogP contribution in [0.3, 0.4) is 0 Å². The zero-order valence-corrected chi connectivity index (χ0v) is 16.7. The topological polar surface area (TPSA) is 78.5 Å². The number of anilines is 2. The minimum atomic E-state index is -3.64. The number of hydrogen-bond donors (Lipinski definition) is 2. The number of nitrogens with one attached hydrogen (secondary N) is 2. The monoisotopic (exact) mass is 411 g/mol. The van der Waals surface area contributed by atoms with Crippen LogP contribution in [0.15, 0.2) is 41.3 Å². The summed E-state index contributed by atoms with van der Waals surface area (Å²) in [5.74, 6) is -2.13. The van der Waals surface area contributed by atoms with Gasteiger partial charge in [-0.2, -0.15) is 4.31 Å². The van der Waals surface area contributed by atoms with E-state index in [9.17, 15) is 22.0 Å². The molecule has 0 atom stereocenters. The highest BCUT2D eigenvalue weighted by Crippen LogP contribution is 2.23. The molecule has 0 saturated carbocycles. The van der Waals surface area contributed by atoms with E-state index in [2.05, 4.69) is 10.6 Å². The molecule has 6 nitrogen and oxygen atoms in total. The van der Waals surface area contributed by atoms with Gasteiger partial charge in [0.25, 0.3) is 0 Å². The van der Waals surface area contributed by atoms with Gasteiger partial charge in [0.15, 0.2) is 0 Å². The number of amides is 1. The second-order valence-electron chi connectivity index (χ2n) is 6.13. The number of carbonyl (C=O) groups is 1. The number of aryl methyl sites for hydroxylation is 1. The molecule has 0 aromatic heterocycles. The van der Waals surface area contributed by atoms with Crippen molar-refractivity contribution in [2.24, 2.45) is 0 Å². The van der Waals surface area contributed by atoms with Gasteiger partial charge in [-0.25, -0.2) is 17.2 Å². The smallest absolute Gasteiger partial charge is 0.243 e. The van der Waals surface area contributed by atoms with Gasteiger partial charge in [0.1, 0.15) is 11.6 Å². The van der Waals surface area contributed by atoms with E-state index in [0.29, 0.717) is 30.4 Å². The number of rotatable bonds is 8. The number of nitrogens with zero attached hydrogens (tertiary/aromatic N) is 1. The molecule has 28 heavy (non-hydrogen) atoms. The molecule has 2 aromatic rings. The van der Waals surface area contributed by atoms with E-state index >= 15 is 0 Å². The van der Waals surface area contributed by atoms with Crippen molar-refractivity contribution in [3.05, 3.63) is 53.6 Å². The van der Waals surface area contributed by atoms with Gasteiger partial charge in [-0.3, -0.25) is 4.79 Å². The summed E-state index contributed by atoms with van der Waals surface area (Å²) >= 11 is 0. The molecule has 0 radical (unpaired) electrons. The predicted octanol–water partition coefficient (Wildman–Crippen LogP) is 3.35. The van der Waals surface area contributed by atoms with Crippen molar-refractivity contribution in [2.45, 2.75) is 25.7 Å². The number of hydrogen-bond acceptors (Lipinski definition) is 4. The summed E-state index contributed by atoms with van der Waals surface area (Å²) in [6, 6.07) is 7.49. The summed E-state index contributed by atoms with van der Waals surface area (Å²) in [5, 5.41) is 5.20. The van der Waals surface area contributed by atoms with Gasteiger partial charge in [0, 0.05) is 30.5 Å². The summed E-state index contributed by atoms with van der Waals surface area (Å²) < 4.78 is 53.2. The van der Waals surface area contributed by atoms with Crippen LogP contribution in [0, 0.1) is 18.6 Å². The maximum Gasteiger partial charge on any atom is 0.243 e.